The molecule has 0 amide bonds. The lowest BCUT2D eigenvalue weighted by molar-refractivity contribution is 0.965. The van der Waals surface area contributed by atoms with Crippen molar-refractivity contribution < 1.29 is 0 Å². The van der Waals surface area contributed by atoms with Gasteiger partial charge in [-0.2, -0.15) is 4.98 Å². The van der Waals surface area contributed by atoms with Crippen LogP contribution in [0.25, 0.3) is 6.08 Å². The van der Waals surface area contributed by atoms with Crippen molar-refractivity contribution >= 4 is 17.8 Å². The molecular formula is C8H10N4. The van der Waals surface area contributed by atoms with Gasteiger partial charge in [-0.05, 0) is 0 Å². The van der Waals surface area contributed by atoms with Gasteiger partial charge in [0, 0.05) is 25.4 Å². The van der Waals surface area contributed by atoms with Crippen LogP contribution in [-0.2, 0) is 0 Å². The summed E-state index contributed by atoms with van der Waals surface area (Å²) in [7, 11) is 1.98. The zero-order valence-electron chi connectivity index (χ0n) is 6.86. The summed E-state index contributed by atoms with van der Waals surface area (Å²) < 4.78 is 0. The minimum Gasteiger partial charge on any atom is -0.368 e. The van der Waals surface area contributed by atoms with Gasteiger partial charge < -0.3 is 10.6 Å². The van der Waals surface area contributed by atoms with Crippen LogP contribution >= 0.6 is 0 Å². The Hall–Kier alpha value is -1.58. The molecule has 4 heteroatoms. The summed E-state index contributed by atoms with van der Waals surface area (Å²) in [5.74, 6) is 1.24. The molecule has 0 aliphatic carbocycles. The van der Waals surface area contributed by atoms with Crippen LogP contribution in [0.4, 0.5) is 11.8 Å². The van der Waals surface area contributed by atoms with Gasteiger partial charge in [0.05, 0.1) is 0 Å². The highest BCUT2D eigenvalue weighted by Gasteiger charge is 2.10. The lowest BCUT2D eigenvalue weighted by Crippen LogP contribution is -2.22. The molecule has 0 fully saturated rings. The van der Waals surface area contributed by atoms with Gasteiger partial charge >= 0.3 is 0 Å². The fourth-order valence-corrected chi connectivity index (χ4v) is 1.24. The molecule has 12 heavy (non-hydrogen) atoms. The number of hydrogen-bond acceptors (Lipinski definition) is 4. The van der Waals surface area contributed by atoms with E-state index in [4.69, 9.17) is 5.73 Å². The zero-order valence-corrected chi connectivity index (χ0v) is 6.86. The second kappa shape index (κ2) is 2.48. The molecule has 0 unspecified atom stereocenters. The van der Waals surface area contributed by atoms with Crippen molar-refractivity contribution in [1.82, 2.24) is 9.97 Å². The zero-order chi connectivity index (χ0) is 8.55. The van der Waals surface area contributed by atoms with Gasteiger partial charge in [0.25, 0.3) is 0 Å². The Morgan fingerprint density at radius 1 is 1.58 bits per heavy atom. The maximum Gasteiger partial charge on any atom is 0.221 e. The lowest BCUT2D eigenvalue weighted by atomic mass is 10.2. The first kappa shape index (κ1) is 7.09. The highest BCUT2D eigenvalue weighted by Crippen LogP contribution is 2.21. The van der Waals surface area contributed by atoms with Crippen molar-refractivity contribution in [2.45, 2.75) is 0 Å². The summed E-state index contributed by atoms with van der Waals surface area (Å²) in [4.78, 5) is 10.1. The predicted molar refractivity (Wildman–Crippen MR) is 48.7 cm³/mol. The topological polar surface area (TPSA) is 55.0 Å². The highest BCUT2D eigenvalue weighted by molar-refractivity contribution is 5.67. The molecule has 2 rings (SSSR count). The molecule has 0 aromatic carbocycles. The third kappa shape index (κ3) is 1.01. The fourth-order valence-electron chi connectivity index (χ4n) is 1.24. The molecule has 0 saturated carbocycles. The van der Waals surface area contributed by atoms with Crippen LogP contribution in [0.5, 0.6) is 0 Å². The Balaban J connectivity index is 2.56. The van der Waals surface area contributed by atoms with Gasteiger partial charge in [0.1, 0.15) is 5.82 Å². The average Bonchev–Trinajstić information content (AvgIpc) is 2.07. The van der Waals surface area contributed by atoms with Crippen molar-refractivity contribution in [2.75, 3.05) is 24.2 Å². The van der Waals surface area contributed by atoms with Gasteiger partial charge in [-0.1, -0.05) is 12.2 Å². The van der Waals surface area contributed by atoms with Crippen LogP contribution in [0.1, 0.15) is 5.56 Å². The summed E-state index contributed by atoms with van der Waals surface area (Å²) in [5, 5.41) is 0. The van der Waals surface area contributed by atoms with Gasteiger partial charge in [0.2, 0.25) is 5.95 Å². The van der Waals surface area contributed by atoms with Crippen LogP contribution < -0.4 is 10.6 Å². The summed E-state index contributed by atoms with van der Waals surface area (Å²) in [6, 6.07) is 0. The second-order valence-corrected chi connectivity index (χ2v) is 2.79. The van der Waals surface area contributed by atoms with Crippen LogP contribution in [-0.4, -0.2) is 23.6 Å². The van der Waals surface area contributed by atoms with E-state index in [0.29, 0.717) is 5.95 Å². The molecule has 1 aromatic rings. The number of hydrogen-bond donors (Lipinski definition) is 1. The molecular weight excluding hydrogens is 152 g/mol. The summed E-state index contributed by atoms with van der Waals surface area (Å²) in [6.45, 7) is 0.878. The van der Waals surface area contributed by atoms with E-state index in [2.05, 4.69) is 16.0 Å². The quantitative estimate of drug-likeness (QED) is 0.604. The number of rotatable bonds is 0. The third-order valence-corrected chi connectivity index (χ3v) is 1.85. The van der Waals surface area contributed by atoms with E-state index in [1.54, 1.807) is 6.20 Å². The van der Waals surface area contributed by atoms with E-state index >= 15 is 0 Å². The number of likely N-dealkylation sites (N-methyl/N-ethyl adjacent to an activating group) is 1. The second-order valence-electron chi connectivity index (χ2n) is 2.79. The molecule has 0 atom stereocenters. The summed E-state index contributed by atoms with van der Waals surface area (Å²) >= 11 is 0. The van der Waals surface area contributed by atoms with E-state index in [1.807, 2.05) is 18.0 Å². The fraction of sp³-hybridized carbons (Fsp3) is 0.250. The number of aromatic nitrogens is 2. The first-order valence-corrected chi connectivity index (χ1v) is 3.77. The molecule has 2 heterocycles. The van der Waals surface area contributed by atoms with Gasteiger partial charge in [-0.25, -0.2) is 4.98 Å². The molecule has 62 valence electrons. The lowest BCUT2D eigenvalue weighted by Gasteiger charge is -2.21. The molecule has 4 nitrogen and oxygen atoms in total. The minimum atomic E-state index is 0.330. The van der Waals surface area contributed by atoms with Gasteiger partial charge in [0.15, 0.2) is 0 Å². The Morgan fingerprint density at radius 3 is 3.25 bits per heavy atom. The number of nitrogens with zero attached hydrogens (tertiary/aromatic N) is 3. The molecule has 0 spiro atoms. The molecule has 0 bridgehead atoms. The van der Waals surface area contributed by atoms with Crippen molar-refractivity contribution in [2.24, 2.45) is 0 Å². The molecule has 1 aromatic heterocycles. The van der Waals surface area contributed by atoms with E-state index in [9.17, 15) is 0 Å². The third-order valence-electron chi connectivity index (χ3n) is 1.85. The molecule has 0 radical (unpaired) electrons. The summed E-state index contributed by atoms with van der Waals surface area (Å²) in [5.41, 5.74) is 6.50. The van der Waals surface area contributed by atoms with Crippen LogP contribution in [0, 0.1) is 0 Å². The summed E-state index contributed by atoms with van der Waals surface area (Å²) in [6.07, 6.45) is 5.82. The van der Waals surface area contributed by atoms with Crippen LogP contribution in [0.3, 0.4) is 0 Å². The minimum absolute atomic E-state index is 0.330. The molecule has 2 N–H and O–H groups in total. The van der Waals surface area contributed by atoms with Gasteiger partial charge in [-0.3, -0.25) is 0 Å². The van der Waals surface area contributed by atoms with Crippen molar-refractivity contribution in [3.05, 3.63) is 17.8 Å². The van der Waals surface area contributed by atoms with Crippen LogP contribution in [0.15, 0.2) is 12.3 Å². The molecule has 1 aliphatic rings. The van der Waals surface area contributed by atoms with E-state index in [1.165, 1.54) is 0 Å². The van der Waals surface area contributed by atoms with E-state index < -0.39 is 0 Å². The van der Waals surface area contributed by atoms with Crippen molar-refractivity contribution in [3.8, 4) is 0 Å². The van der Waals surface area contributed by atoms with Crippen LogP contribution in [0.2, 0.25) is 0 Å². The van der Waals surface area contributed by atoms with Crippen molar-refractivity contribution in [1.29, 1.82) is 0 Å². The van der Waals surface area contributed by atoms with E-state index in [0.717, 1.165) is 17.9 Å². The Bertz CT molecular complexity index is 332. The van der Waals surface area contributed by atoms with E-state index in [-0.39, 0.29) is 0 Å². The average molecular weight is 162 g/mol. The number of nitrogen functional groups attached to an aromatic ring is 1. The SMILES string of the molecule is CN1CC=Cc2cnc(N)nc21. The molecule has 1 aliphatic heterocycles. The standard InChI is InChI=1S/C8H10N4/c1-12-4-2-3-6-5-10-8(9)11-7(6)12/h2-3,5H,4H2,1H3,(H2,9,10,11). The first-order chi connectivity index (χ1) is 5.77. The maximum absolute atomic E-state index is 5.47. The highest BCUT2D eigenvalue weighted by atomic mass is 15.2. The monoisotopic (exact) mass is 162 g/mol. The number of anilines is 2. The maximum atomic E-state index is 5.47. The Labute approximate surface area is 70.7 Å². The first-order valence-electron chi connectivity index (χ1n) is 3.77. The largest absolute Gasteiger partial charge is 0.368 e. The predicted octanol–water partition coefficient (Wildman–Crippen LogP) is 0.522. The Morgan fingerprint density at radius 2 is 2.42 bits per heavy atom. The Kier molecular flexibility index (Phi) is 1.46. The molecule has 0 saturated heterocycles. The normalized spacial score (nSPS) is 14.6. The smallest absolute Gasteiger partial charge is 0.221 e. The number of nitrogens with two attached hydrogens (primary N) is 1. The van der Waals surface area contributed by atoms with Crippen molar-refractivity contribution in [3.63, 3.8) is 0 Å². The van der Waals surface area contributed by atoms with Gasteiger partial charge in [-0.15, -0.1) is 0 Å². The number of fused-ring (bicyclic) bond motifs is 1.